The van der Waals surface area contributed by atoms with Crippen molar-refractivity contribution in [3.05, 3.63) is 18.0 Å². The molecule has 1 saturated heterocycles. The van der Waals surface area contributed by atoms with Gasteiger partial charge in [-0.1, -0.05) is 0 Å². The average molecular weight is 282 g/mol. The normalized spacial score (nSPS) is 19.3. The van der Waals surface area contributed by atoms with Crippen LogP contribution in [0.2, 0.25) is 0 Å². The molecule has 0 bridgehead atoms. The van der Waals surface area contributed by atoms with Crippen molar-refractivity contribution in [1.29, 1.82) is 0 Å². The Bertz CT molecular complexity index is 507. The van der Waals surface area contributed by atoms with Gasteiger partial charge in [0, 0.05) is 44.9 Å². The van der Waals surface area contributed by atoms with Crippen LogP contribution in [0.25, 0.3) is 0 Å². The minimum Gasteiger partial charge on any atom is -0.480 e. The third-order valence-electron chi connectivity index (χ3n) is 3.48. The van der Waals surface area contributed by atoms with Crippen molar-refractivity contribution >= 4 is 11.9 Å². The van der Waals surface area contributed by atoms with Crippen LogP contribution in [0, 0.1) is 0 Å². The smallest absolute Gasteiger partial charge is 0.329 e. The van der Waals surface area contributed by atoms with E-state index in [-0.39, 0.29) is 12.8 Å². The Labute approximate surface area is 115 Å². The van der Waals surface area contributed by atoms with Gasteiger partial charge >= 0.3 is 5.97 Å². The van der Waals surface area contributed by atoms with Gasteiger partial charge < -0.3 is 20.9 Å². The Morgan fingerprint density at radius 2 is 2.20 bits per heavy atom. The van der Waals surface area contributed by atoms with Crippen molar-refractivity contribution in [1.82, 2.24) is 15.1 Å². The summed E-state index contributed by atoms with van der Waals surface area (Å²) in [6.45, 7) is 0.601. The van der Waals surface area contributed by atoms with Crippen molar-refractivity contribution in [2.75, 3.05) is 13.2 Å². The fraction of sp³-hybridized carbons (Fsp3) is 0.583. The highest BCUT2D eigenvalue weighted by Gasteiger charge is 2.42. The van der Waals surface area contributed by atoms with Gasteiger partial charge in [-0.05, 0) is 0 Å². The first kappa shape index (κ1) is 14.5. The van der Waals surface area contributed by atoms with E-state index in [9.17, 15) is 14.7 Å². The number of nitrogens with one attached hydrogen (secondary N) is 1. The quantitative estimate of drug-likeness (QED) is 0.663. The molecule has 1 unspecified atom stereocenters. The molecule has 8 heteroatoms. The van der Waals surface area contributed by atoms with E-state index >= 15 is 0 Å². The molecular formula is C12H18N4O4. The predicted octanol–water partition coefficient (Wildman–Crippen LogP) is -0.830. The number of aryl methyl sites for hydroxylation is 1. The van der Waals surface area contributed by atoms with Gasteiger partial charge in [-0.15, -0.1) is 0 Å². The van der Waals surface area contributed by atoms with Crippen molar-refractivity contribution in [2.24, 2.45) is 12.8 Å². The highest BCUT2D eigenvalue weighted by atomic mass is 16.5. The van der Waals surface area contributed by atoms with Crippen molar-refractivity contribution < 1.29 is 19.4 Å². The van der Waals surface area contributed by atoms with E-state index in [1.165, 1.54) is 10.9 Å². The van der Waals surface area contributed by atoms with Gasteiger partial charge in [-0.25, -0.2) is 4.79 Å². The SMILES string of the molecule is Cn1cc(C(N)C(=O)NC2(C(=O)O)CCOCC2)cn1. The number of rotatable bonds is 4. The number of hydrogen-bond donors (Lipinski definition) is 3. The van der Waals surface area contributed by atoms with Crippen LogP contribution in [0.1, 0.15) is 24.4 Å². The molecule has 110 valence electrons. The molecule has 4 N–H and O–H groups in total. The van der Waals surface area contributed by atoms with Crippen LogP contribution in [0.15, 0.2) is 12.4 Å². The average Bonchev–Trinajstić information content (AvgIpc) is 2.85. The summed E-state index contributed by atoms with van der Waals surface area (Å²) < 4.78 is 6.68. The van der Waals surface area contributed by atoms with E-state index in [0.29, 0.717) is 18.8 Å². The van der Waals surface area contributed by atoms with Gasteiger partial charge in [0.1, 0.15) is 11.6 Å². The van der Waals surface area contributed by atoms with Crippen LogP contribution in [-0.4, -0.2) is 45.5 Å². The van der Waals surface area contributed by atoms with Gasteiger partial charge in [0.2, 0.25) is 5.91 Å². The van der Waals surface area contributed by atoms with Gasteiger partial charge in [0.25, 0.3) is 0 Å². The monoisotopic (exact) mass is 282 g/mol. The Morgan fingerprint density at radius 3 is 2.70 bits per heavy atom. The molecule has 1 aliphatic rings. The Kier molecular flexibility index (Phi) is 4.05. The van der Waals surface area contributed by atoms with Crippen molar-refractivity contribution in [3.8, 4) is 0 Å². The van der Waals surface area contributed by atoms with E-state index in [1.54, 1.807) is 13.2 Å². The maximum atomic E-state index is 12.2. The Morgan fingerprint density at radius 1 is 1.55 bits per heavy atom. The molecule has 20 heavy (non-hydrogen) atoms. The second kappa shape index (κ2) is 5.59. The molecule has 1 aliphatic heterocycles. The fourth-order valence-electron chi connectivity index (χ4n) is 2.18. The number of carbonyl (C=O) groups is 2. The van der Waals surface area contributed by atoms with E-state index < -0.39 is 23.5 Å². The highest BCUT2D eigenvalue weighted by Crippen LogP contribution is 2.22. The summed E-state index contributed by atoms with van der Waals surface area (Å²) >= 11 is 0. The number of nitrogens with zero attached hydrogens (tertiary/aromatic N) is 2. The first-order valence-electron chi connectivity index (χ1n) is 6.32. The molecule has 0 saturated carbocycles. The van der Waals surface area contributed by atoms with Crippen LogP contribution < -0.4 is 11.1 Å². The molecule has 0 radical (unpaired) electrons. The standard InChI is InChI=1S/C12H18N4O4/c1-16-7-8(6-14-16)9(13)10(17)15-12(11(18)19)2-4-20-5-3-12/h6-7,9H,2-5,13H2,1H3,(H,15,17)(H,18,19). The molecular weight excluding hydrogens is 264 g/mol. The summed E-state index contributed by atoms with van der Waals surface area (Å²) in [5.41, 5.74) is 5.08. The third-order valence-corrected chi connectivity index (χ3v) is 3.48. The molecule has 0 aromatic carbocycles. The van der Waals surface area contributed by atoms with Crippen LogP contribution in [-0.2, 0) is 21.4 Å². The lowest BCUT2D eigenvalue weighted by atomic mass is 9.89. The summed E-state index contributed by atoms with van der Waals surface area (Å²) in [4.78, 5) is 23.6. The topological polar surface area (TPSA) is 119 Å². The zero-order valence-electron chi connectivity index (χ0n) is 11.2. The largest absolute Gasteiger partial charge is 0.480 e. The molecule has 2 heterocycles. The number of carbonyl (C=O) groups excluding carboxylic acids is 1. The number of carboxylic acid groups (broad SMARTS) is 1. The predicted molar refractivity (Wildman–Crippen MR) is 68.7 cm³/mol. The van der Waals surface area contributed by atoms with E-state index in [4.69, 9.17) is 10.5 Å². The summed E-state index contributed by atoms with van der Waals surface area (Å²) in [6, 6.07) is -0.942. The first-order valence-corrected chi connectivity index (χ1v) is 6.32. The zero-order chi connectivity index (χ0) is 14.8. The number of hydrogen-bond acceptors (Lipinski definition) is 5. The van der Waals surface area contributed by atoms with Gasteiger partial charge in [0.15, 0.2) is 0 Å². The van der Waals surface area contributed by atoms with E-state index in [1.807, 2.05) is 0 Å². The maximum Gasteiger partial charge on any atom is 0.329 e. The summed E-state index contributed by atoms with van der Waals surface area (Å²) in [5, 5.41) is 15.9. The number of ether oxygens (including phenoxy) is 1. The summed E-state index contributed by atoms with van der Waals surface area (Å²) in [7, 11) is 1.71. The molecule has 1 aromatic heterocycles. The van der Waals surface area contributed by atoms with Crippen LogP contribution in [0.3, 0.4) is 0 Å². The van der Waals surface area contributed by atoms with Gasteiger partial charge in [-0.2, -0.15) is 5.10 Å². The number of amides is 1. The minimum atomic E-state index is -1.30. The Balaban J connectivity index is 2.10. The number of aromatic nitrogens is 2. The van der Waals surface area contributed by atoms with Gasteiger partial charge in [-0.3, -0.25) is 9.48 Å². The molecule has 1 fully saturated rings. The third kappa shape index (κ3) is 2.81. The molecule has 1 amide bonds. The molecule has 1 atom stereocenters. The van der Waals surface area contributed by atoms with E-state index in [2.05, 4.69) is 10.4 Å². The van der Waals surface area contributed by atoms with Crippen LogP contribution >= 0.6 is 0 Å². The summed E-state index contributed by atoms with van der Waals surface area (Å²) in [6.07, 6.45) is 3.57. The lowest BCUT2D eigenvalue weighted by Gasteiger charge is -2.34. The van der Waals surface area contributed by atoms with Crippen LogP contribution in [0.4, 0.5) is 0 Å². The molecule has 0 aliphatic carbocycles. The number of carboxylic acids is 1. The summed E-state index contributed by atoms with van der Waals surface area (Å²) in [5.74, 6) is -1.59. The van der Waals surface area contributed by atoms with E-state index in [0.717, 1.165) is 0 Å². The Hall–Kier alpha value is -1.93. The van der Waals surface area contributed by atoms with Crippen molar-refractivity contribution in [3.63, 3.8) is 0 Å². The molecule has 0 spiro atoms. The lowest BCUT2D eigenvalue weighted by molar-refractivity contribution is -0.152. The van der Waals surface area contributed by atoms with Crippen molar-refractivity contribution in [2.45, 2.75) is 24.4 Å². The maximum absolute atomic E-state index is 12.2. The van der Waals surface area contributed by atoms with Crippen LogP contribution in [0.5, 0.6) is 0 Å². The second-order valence-electron chi connectivity index (χ2n) is 4.91. The second-order valence-corrected chi connectivity index (χ2v) is 4.91. The minimum absolute atomic E-state index is 0.230. The molecule has 8 nitrogen and oxygen atoms in total. The molecule has 1 aromatic rings. The highest BCUT2D eigenvalue weighted by molar-refractivity contribution is 5.90. The molecule has 2 rings (SSSR count). The van der Waals surface area contributed by atoms with Gasteiger partial charge in [0.05, 0.1) is 6.20 Å². The first-order chi connectivity index (χ1) is 9.44. The number of nitrogens with two attached hydrogens (primary N) is 1. The zero-order valence-corrected chi connectivity index (χ0v) is 11.2. The number of aliphatic carboxylic acids is 1. The lowest BCUT2D eigenvalue weighted by Crippen LogP contribution is -2.59. The fourth-order valence-corrected chi connectivity index (χ4v) is 2.18.